The van der Waals surface area contributed by atoms with Gasteiger partial charge in [0.1, 0.15) is 0 Å². The Labute approximate surface area is 203 Å². The number of hydrogen-bond acceptors (Lipinski definition) is 5. The minimum absolute atomic E-state index is 0.128. The zero-order chi connectivity index (χ0) is 24.3. The van der Waals surface area contributed by atoms with Gasteiger partial charge in [-0.1, -0.05) is 32.4 Å². The third kappa shape index (κ3) is 3.84. The Bertz CT molecular complexity index is 881. The van der Waals surface area contributed by atoms with E-state index >= 15 is 0 Å². The maximum Gasteiger partial charge on any atom is 0.333 e. The molecule has 1 aliphatic heterocycles. The molecule has 0 aromatic carbocycles. The maximum atomic E-state index is 12.4. The van der Waals surface area contributed by atoms with Gasteiger partial charge in [-0.05, 0) is 98.2 Å². The molecule has 5 rings (SSSR count). The third-order valence-electron chi connectivity index (χ3n) is 10.8. The normalized spacial score (nSPS) is 42.5. The second-order valence-electron chi connectivity index (χ2n) is 12.4. The van der Waals surface area contributed by atoms with Crippen LogP contribution in [0.1, 0.15) is 97.8 Å². The van der Waals surface area contributed by atoms with Gasteiger partial charge in [0.2, 0.25) is 0 Å². The fourth-order valence-corrected chi connectivity index (χ4v) is 8.97. The Morgan fingerprint density at radius 1 is 1.12 bits per heavy atom. The van der Waals surface area contributed by atoms with Crippen LogP contribution < -0.4 is 0 Å². The number of amides is 2. The number of hydrogen-bond donors (Lipinski definition) is 1. The summed E-state index contributed by atoms with van der Waals surface area (Å²) in [4.78, 5) is 40.9. The summed E-state index contributed by atoms with van der Waals surface area (Å²) < 4.78 is 0. The number of carbonyl (C=O) groups excluding carboxylic acids is 3. The number of hydroxylamine groups is 2. The number of aliphatic hydroxyl groups excluding tert-OH is 1. The quantitative estimate of drug-likeness (QED) is 0.453. The van der Waals surface area contributed by atoms with Crippen LogP contribution in [0.25, 0.3) is 0 Å². The molecule has 1 saturated heterocycles. The van der Waals surface area contributed by atoms with Crippen molar-refractivity contribution in [2.45, 2.75) is 104 Å². The summed E-state index contributed by atoms with van der Waals surface area (Å²) >= 11 is 0. The van der Waals surface area contributed by atoms with E-state index in [-0.39, 0.29) is 30.8 Å². The zero-order valence-electron chi connectivity index (χ0n) is 21.1. The van der Waals surface area contributed by atoms with Crippen molar-refractivity contribution in [3.8, 4) is 0 Å². The van der Waals surface area contributed by atoms with E-state index in [1.807, 2.05) is 0 Å². The highest BCUT2D eigenvalue weighted by Crippen LogP contribution is 2.67. The molecule has 1 heterocycles. The first kappa shape index (κ1) is 24.0. The third-order valence-corrected chi connectivity index (χ3v) is 10.8. The van der Waals surface area contributed by atoms with Crippen LogP contribution in [0.4, 0.5) is 0 Å². The largest absolute Gasteiger partial charge is 0.393 e. The highest BCUT2D eigenvalue weighted by atomic mass is 16.7. The molecule has 1 N–H and O–H groups in total. The smallest absolute Gasteiger partial charge is 0.333 e. The van der Waals surface area contributed by atoms with E-state index in [1.54, 1.807) is 0 Å². The Morgan fingerprint density at radius 3 is 2.59 bits per heavy atom. The molecule has 8 atom stereocenters. The molecule has 2 amide bonds. The van der Waals surface area contributed by atoms with Crippen molar-refractivity contribution in [1.82, 2.24) is 5.06 Å². The molecule has 0 bridgehead atoms. The lowest BCUT2D eigenvalue weighted by atomic mass is 9.47. The number of rotatable bonds is 5. The highest BCUT2D eigenvalue weighted by Gasteiger charge is 2.59. The molecule has 0 aromatic rings. The van der Waals surface area contributed by atoms with Gasteiger partial charge in [0.05, 0.1) is 6.10 Å². The van der Waals surface area contributed by atoms with E-state index in [4.69, 9.17) is 4.84 Å². The fourth-order valence-electron chi connectivity index (χ4n) is 8.97. The molecule has 6 nitrogen and oxygen atoms in total. The van der Waals surface area contributed by atoms with Crippen molar-refractivity contribution in [2.75, 3.05) is 0 Å². The first-order valence-electron chi connectivity index (χ1n) is 13.6. The van der Waals surface area contributed by atoms with Crippen molar-refractivity contribution in [3.63, 3.8) is 0 Å². The SMILES string of the molecule is CC(CCC(=O)ON1C(=O)CCC1=O)[C@H]1CC[C@H]2[C@@H]3CC=C4C[C@@H](O)CC[C@]4(C)[C@H]3CC[C@]12C. The minimum Gasteiger partial charge on any atom is -0.393 e. The van der Waals surface area contributed by atoms with E-state index in [0.29, 0.717) is 22.3 Å². The summed E-state index contributed by atoms with van der Waals surface area (Å²) in [5.74, 6) is 1.88. The first-order chi connectivity index (χ1) is 16.1. The first-order valence-corrected chi connectivity index (χ1v) is 13.6. The molecular formula is C28H41NO5. The highest BCUT2D eigenvalue weighted by molar-refractivity contribution is 6.01. The van der Waals surface area contributed by atoms with Crippen LogP contribution in [0.15, 0.2) is 11.6 Å². The monoisotopic (exact) mass is 471 g/mol. The Morgan fingerprint density at radius 2 is 1.85 bits per heavy atom. The van der Waals surface area contributed by atoms with Crippen LogP contribution in [-0.2, 0) is 19.2 Å². The standard InChI is InChI=1S/C28H41NO5/c1-17(4-11-26(33)34-29-24(31)9-10-25(29)32)21-7-8-22-20-6-5-18-16-19(30)12-14-27(18,2)23(20)13-15-28(21,22)3/h5,17,19-23,30H,4,6-16H2,1-3H3/t17?,19-,20-,21+,22-,23-,27-,28+/m0/s1. The maximum absolute atomic E-state index is 12.4. The van der Waals surface area contributed by atoms with E-state index in [2.05, 4.69) is 26.8 Å². The Kier molecular flexibility index (Phi) is 6.19. The van der Waals surface area contributed by atoms with Gasteiger partial charge in [-0.2, -0.15) is 0 Å². The fraction of sp³-hybridized carbons (Fsp3) is 0.821. The molecule has 0 aromatic heterocycles. The van der Waals surface area contributed by atoms with Gasteiger partial charge in [-0.3, -0.25) is 9.59 Å². The average Bonchev–Trinajstić information content (AvgIpc) is 3.32. The predicted octanol–water partition coefficient (Wildman–Crippen LogP) is 4.95. The minimum atomic E-state index is -0.476. The molecule has 1 unspecified atom stereocenters. The van der Waals surface area contributed by atoms with Gasteiger partial charge >= 0.3 is 5.97 Å². The summed E-state index contributed by atoms with van der Waals surface area (Å²) in [6.07, 6.45) is 12.7. The molecule has 188 valence electrons. The Hall–Kier alpha value is -1.69. The van der Waals surface area contributed by atoms with Crippen molar-refractivity contribution in [1.29, 1.82) is 0 Å². The lowest BCUT2D eigenvalue weighted by molar-refractivity contribution is -0.197. The lowest BCUT2D eigenvalue weighted by Crippen LogP contribution is -2.50. The number of carbonyl (C=O) groups is 3. The summed E-state index contributed by atoms with van der Waals surface area (Å²) in [5, 5.41) is 10.9. The molecule has 5 aliphatic rings. The number of fused-ring (bicyclic) bond motifs is 5. The van der Waals surface area contributed by atoms with Gasteiger partial charge < -0.3 is 9.94 Å². The van der Waals surface area contributed by atoms with Crippen LogP contribution in [0, 0.1) is 40.4 Å². The zero-order valence-corrected chi connectivity index (χ0v) is 21.1. The molecule has 4 fully saturated rings. The van der Waals surface area contributed by atoms with Crippen molar-refractivity contribution >= 4 is 17.8 Å². The van der Waals surface area contributed by atoms with Crippen LogP contribution in [-0.4, -0.2) is 34.1 Å². The molecule has 34 heavy (non-hydrogen) atoms. The second-order valence-corrected chi connectivity index (χ2v) is 12.4. The van der Waals surface area contributed by atoms with Crippen LogP contribution in [0.2, 0.25) is 0 Å². The number of allylic oxidation sites excluding steroid dienone is 1. The van der Waals surface area contributed by atoms with Crippen LogP contribution in [0.3, 0.4) is 0 Å². The van der Waals surface area contributed by atoms with Crippen LogP contribution in [0.5, 0.6) is 0 Å². The van der Waals surface area contributed by atoms with Crippen LogP contribution >= 0.6 is 0 Å². The van der Waals surface area contributed by atoms with Gasteiger partial charge in [0.25, 0.3) is 11.8 Å². The van der Waals surface area contributed by atoms with E-state index in [9.17, 15) is 19.5 Å². The molecule has 6 heteroatoms. The summed E-state index contributed by atoms with van der Waals surface area (Å²) in [5.41, 5.74) is 2.09. The summed E-state index contributed by atoms with van der Waals surface area (Å²) in [6.45, 7) is 7.25. The molecule has 4 aliphatic carbocycles. The van der Waals surface area contributed by atoms with Gasteiger partial charge in [-0.25, -0.2) is 4.79 Å². The van der Waals surface area contributed by atoms with Gasteiger partial charge in [-0.15, -0.1) is 5.06 Å². The molecule has 0 spiro atoms. The Balaban J connectivity index is 1.22. The number of aliphatic hydroxyl groups is 1. The molecule has 0 radical (unpaired) electrons. The van der Waals surface area contributed by atoms with E-state index in [0.717, 1.165) is 49.9 Å². The topological polar surface area (TPSA) is 83.9 Å². The van der Waals surface area contributed by atoms with E-state index < -0.39 is 17.8 Å². The van der Waals surface area contributed by atoms with Crippen molar-refractivity contribution < 1.29 is 24.3 Å². The summed E-state index contributed by atoms with van der Waals surface area (Å²) in [6, 6.07) is 0. The van der Waals surface area contributed by atoms with Gasteiger partial charge in [0.15, 0.2) is 0 Å². The second kappa shape index (κ2) is 8.76. The number of imide groups is 1. The van der Waals surface area contributed by atoms with Gasteiger partial charge in [0, 0.05) is 19.3 Å². The average molecular weight is 472 g/mol. The predicted molar refractivity (Wildman–Crippen MR) is 127 cm³/mol. The molecule has 3 saturated carbocycles. The van der Waals surface area contributed by atoms with Crippen molar-refractivity contribution in [2.24, 2.45) is 40.4 Å². The lowest BCUT2D eigenvalue weighted by Gasteiger charge is -2.58. The van der Waals surface area contributed by atoms with E-state index in [1.165, 1.54) is 31.3 Å². The van der Waals surface area contributed by atoms with Crippen molar-refractivity contribution in [3.05, 3.63) is 11.6 Å². The molecular weight excluding hydrogens is 430 g/mol. The summed E-state index contributed by atoms with van der Waals surface area (Å²) in [7, 11) is 0. The number of nitrogens with zero attached hydrogens (tertiary/aromatic N) is 1.